The third kappa shape index (κ3) is 1.20. The zero-order valence-corrected chi connectivity index (χ0v) is 8.01. The Kier molecular flexibility index (Phi) is 1.85. The third-order valence-electron chi connectivity index (χ3n) is 1.85. The van der Waals surface area contributed by atoms with Crippen molar-refractivity contribution in [1.82, 2.24) is 9.97 Å². The molecule has 0 spiro atoms. The molecule has 6 heteroatoms. The van der Waals surface area contributed by atoms with Gasteiger partial charge in [0.15, 0.2) is 0 Å². The quantitative estimate of drug-likeness (QED) is 0.735. The predicted octanol–water partition coefficient (Wildman–Crippen LogP) is 0.991. The maximum Gasteiger partial charge on any atom is 0.372 e. The van der Waals surface area contributed by atoms with Crippen LogP contribution in [0.15, 0.2) is 10.2 Å². The third-order valence-corrected chi connectivity index (χ3v) is 2.75. The molecule has 2 rings (SSSR count). The van der Waals surface area contributed by atoms with Crippen LogP contribution in [0.25, 0.3) is 10.9 Å². The lowest BCUT2D eigenvalue weighted by Gasteiger charge is -1.94. The number of aryl methyl sites for hydroxylation is 1. The number of nitrogens with one attached hydrogen (secondary N) is 1. The standard InChI is InChI=1S/C8H6N2O3S/c1-3-5-4(2-14-3)9-6(8(12)13)10-7(5)11/h2H,1H3,(H,12,13)(H,9,10,11). The predicted molar refractivity (Wildman–Crippen MR) is 51.9 cm³/mol. The Morgan fingerprint density at radius 3 is 3.00 bits per heavy atom. The molecule has 0 amide bonds. The second kappa shape index (κ2) is 2.91. The Morgan fingerprint density at radius 1 is 1.64 bits per heavy atom. The number of hydrogen-bond donors (Lipinski definition) is 2. The number of nitrogens with zero attached hydrogens (tertiary/aromatic N) is 1. The van der Waals surface area contributed by atoms with Crippen LogP contribution in [-0.4, -0.2) is 21.0 Å². The molecule has 0 saturated carbocycles. The van der Waals surface area contributed by atoms with Crippen LogP contribution in [0, 0.1) is 6.92 Å². The number of carboxylic acids is 1. The van der Waals surface area contributed by atoms with Crippen LogP contribution in [0.2, 0.25) is 0 Å². The van der Waals surface area contributed by atoms with E-state index in [-0.39, 0.29) is 5.82 Å². The lowest BCUT2D eigenvalue weighted by Crippen LogP contribution is -2.15. The molecular formula is C8H6N2O3S. The van der Waals surface area contributed by atoms with Gasteiger partial charge in [0.2, 0.25) is 5.82 Å². The summed E-state index contributed by atoms with van der Waals surface area (Å²) in [5, 5.41) is 10.8. The zero-order valence-electron chi connectivity index (χ0n) is 7.20. The maximum atomic E-state index is 11.4. The Bertz CT molecular complexity index is 569. The zero-order chi connectivity index (χ0) is 10.3. The highest BCUT2D eigenvalue weighted by Crippen LogP contribution is 2.19. The van der Waals surface area contributed by atoms with Gasteiger partial charge >= 0.3 is 5.97 Å². The van der Waals surface area contributed by atoms with E-state index in [2.05, 4.69) is 9.97 Å². The molecule has 0 atom stereocenters. The van der Waals surface area contributed by atoms with Crippen LogP contribution in [0.5, 0.6) is 0 Å². The average Bonchev–Trinajstić information content (AvgIpc) is 2.48. The molecule has 0 bridgehead atoms. The number of aromatic nitrogens is 2. The second-order valence-corrected chi connectivity index (χ2v) is 3.86. The SMILES string of the molecule is Cc1scc2nc(C(=O)O)[nH]c(=O)c12. The first-order valence-corrected chi connectivity index (χ1v) is 4.69. The number of rotatable bonds is 1. The first kappa shape index (κ1) is 8.89. The second-order valence-electron chi connectivity index (χ2n) is 2.77. The minimum absolute atomic E-state index is 0.319. The maximum absolute atomic E-state index is 11.4. The molecule has 2 N–H and O–H groups in total. The van der Waals surface area contributed by atoms with Crippen molar-refractivity contribution < 1.29 is 9.90 Å². The van der Waals surface area contributed by atoms with Crippen molar-refractivity contribution in [3.05, 3.63) is 26.4 Å². The van der Waals surface area contributed by atoms with Crippen LogP contribution in [0.1, 0.15) is 15.5 Å². The largest absolute Gasteiger partial charge is 0.475 e. The molecule has 0 radical (unpaired) electrons. The number of aromatic amines is 1. The van der Waals surface area contributed by atoms with E-state index in [4.69, 9.17) is 5.11 Å². The Labute approximate surface area is 82.0 Å². The van der Waals surface area contributed by atoms with Crippen LogP contribution in [0.3, 0.4) is 0 Å². The molecule has 0 unspecified atom stereocenters. The topological polar surface area (TPSA) is 83.0 Å². The molecule has 2 aromatic rings. The highest BCUT2D eigenvalue weighted by atomic mass is 32.1. The monoisotopic (exact) mass is 210 g/mol. The van der Waals surface area contributed by atoms with Gasteiger partial charge in [-0.2, -0.15) is 0 Å². The molecule has 5 nitrogen and oxygen atoms in total. The summed E-state index contributed by atoms with van der Waals surface area (Å²) in [5.74, 6) is -1.55. The fourth-order valence-corrected chi connectivity index (χ4v) is 1.99. The number of carboxylic acid groups (broad SMARTS) is 1. The van der Waals surface area contributed by atoms with Gasteiger partial charge in [-0.25, -0.2) is 9.78 Å². The number of aromatic carboxylic acids is 1. The molecule has 2 heterocycles. The molecule has 0 fully saturated rings. The first-order valence-electron chi connectivity index (χ1n) is 3.81. The van der Waals surface area contributed by atoms with E-state index in [0.717, 1.165) is 4.88 Å². The molecule has 14 heavy (non-hydrogen) atoms. The summed E-state index contributed by atoms with van der Waals surface area (Å²) < 4.78 is 0. The van der Waals surface area contributed by atoms with Crippen molar-refractivity contribution in [3.8, 4) is 0 Å². The van der Waals surface area contributed by atoms with E-state index in [1.165, 1.54) is 11.3 Å². The van der Waals surface area contributed by atoms with E-state index >= 15 is 0 Å². The first-order chi connectivity index (χ1) is 6.59. The number of fused-ring (bicyclic) bond motifs is 1. The summed E-state index contributed by atoms with van der Waals surface area (Å²) in [6.45, 7) is 1.80. The Balaban J connectivity index is 2.87. The van der Waals surface area contributed by atoms with E-state index in [9.17, 15) is 9.59 Å². The molecule has 0 aromatic carbocycles. The molecule has 0 aliphatic carbocycles. The summed E-state index contributed by atoms with van der Waals surface area (Å²) in [6.07, 6.45) is 0. The van der Waals surface area contributed by atoms with Gasteiger partial charge < -0.3 is 10.1 Å². The van der Waals surface area contributed by atoms with Gasteiger partial charge in [-0.15, -0.1) is 11.3 Å². The van der Waals surface area contributed by atoms with Gasteiger partial charge in [-0.05, 0) is 6.92 Å². The summed E-state index contributed by atoms with van der Waals surface area (Å²) >= 11 is 1.38. The van der Waals surface area contributed by atoms with Gasteiger partial charge in [-0.3, -0.25) is 4.79 Å². The number of thiophene rings is 1. The van der Waals surface area contributed by atoms with Gasteiger partial charge in [0.05, 0.1) is 10.9 Å². The van der Waals surface area contributed by atoms with Crippen molar-refractivity contribution in [1.29, 1.82) is 0 Å². The highest BCUT2D eigenvalue weighted by Gasteiger charge is 2.11. The van der Waals surface area contributed by atoms with Gasteiger partial charge in [-0.1, -0.05) is 0 Å². The van der Waals surface area contributed by atoms with Crippen LogP contribution in [-0.2, 0) is 0 Å². The molecule has 0 saturated heterocycles. The number of H-pyrrole nitrogens is 1. The van der Waals surface area contributed by atoms with Crippen molar-refractivity contribution in [2.45, 2.75) is 6.92 Å². The van der Waals surface area contributed by atoms with Crippen molar-refractivity contribution in [2.75, 3.05) is 0 Å². The molecule has 72 valence electrons. The van der Waals surface area contributed by atoms with Gasteiger partial charge in [0, 0.05) is 10.3 Å². The minimum Gasteiger partial charge on any atom is -0.475 e. The minimum atomic E-state index is -1.23. The normalized spacial score (nSPS) is 10.6. The van der Waals surface area contributed by atoms with Crippen LogP contribution >= 0.6 is 11.3 Å². The summed E-state index contributed by atoms with van der Waals surface area (Å²) in [5.41, 5.74) is 0.0415. The number of hydrogen-bond acceptors (Lipinski definition) is 4. The summed E-state index contributed by atoms with van der Waals surface area (Å²) in [4.78, 5) is 28.9. The lowest BCUT2D eigenvalue weighted by molar-refractivity contribution is 0.0683. The fraction of sp³-hybridized carbons (Fsp3) is 0.125. The van der Waals surface area contributed by atoms with Gasteiger partial charge in [0.25, 0.3) is 5.56 Å². The highest BCUT2D eigenvalue weighted by molar-refractivity contribution is 7.11. The van der Waals surface area contributed by atoms with E-state index in [1.807, 2.05) is 0 Å². The number of carbonyl (C=O) groups is 1. The molecule has 0 aliphatic rings. The van der Waals surface area contributed by atoms with Crippen molar-refractivity contribution in [2.24, 2.45) is 0 Å². The molecule has 0 aliphatic heterocycles. The smallest absolute Gasteiger partial charge is 0.372 e. The van der Waals surface area contributed by atoms with Crippen LogP contribution in [0.4, 0.5) is 0 Å². The molecular weight excluding hydrogens is 204 g/mol. The van der Waals surface area contributed by atoms with E-state index in [0.29, 0.717) is 10.9 Å². The Hall–Kier alpha value is -1.69. The fourth-order valence-electron chi connectivity index (χ4n) is 1.22. The summed E-state index contributed by atoms with van der Waals surface area (Å²) in [7, 11) is 0. The van der Waals surface area contributed by atoms with E-state index < -0.39 is 11.5 Å². The lowest BCUT2D eigenvalue weighted by atomic mass is 10.3. The van der Waals surface area contributed by atoms with Crippen molar-refractivity contribution >= 4 is 28.2 Å². The Morgan fingerprint density at radius 2 is 2.36 bits per heavy atom. The van der Waals surface area contributed by atoms with Crippen molar-refractivity contribution in [3.63, 3.8) is 0 Å². The summed E-state index contributed by atoms with van der Waals surface area (Å²) in [6, 6.07) is 0. The van der Waals surface area contributed by atoms with E-state index in [1.54, 1.807) is 12.3 Å². The van der Waals surface area contributed by atoms with Crippen LogP contribution < -0.4 is 5.56 Å². The van der Waals surface area contributed by atoms with Gasteiger partial charge in [0.1, 0.15) is 0 Å². The average molecular weight is 210 g/mol. The molecule has 2 aromatic heterocycles.